The van der Waals surface area contributed by atoms with Gasteiger partial charge in [-0.15, -0.1) is 0 Å². The number of amides is 1. The summed E-state index contributed by atoms with van der Waals surface area (Å²) in [6.07, 6.45) is 0. The van der Waals surface area contributed by atoms with Crippen LogP contribution in [0.3, 0.4) is 0 Å². The predicted octanol–water partition coefficient (Wildman–Crippen LogP) is 5.80. The molecule has 0 bridgehead atoms. The van der Waals surface area contributed by atoms with Crippen molar-refractivity contribution in [2.45, 2.75) is 20.8 Å². The van der Waals surface area contributed by atoms with Gasteiger partial charge in [-0.05, 0) is 73.9 Å². The van der Waals surface area contributed by atoms with Gasteiger partial charge in [-0.2, -0.15) is 0 Å². The highest BCUT2D eigenvalue weighted by Crippen LogP contribution is 2.32. The minimum absolute atomic E-state index is 0.0801. The van der Waals surface area contributed by atoms with Gasteiger partial charge in [0.2, 0.25) is 0 Å². The maximum Gasteiger partial charge on any atom is 0.255 e. The van der Waals surface area contributed by atoms with Crippen LogP contribution in [0.5, 0.6) is 5.75 Å². The van der Waals surface area contributed by atoms with Gasteiger partial charge in [-0.3, -0.25) is 4.79 Å². The van der Waals surface area contributed by atoms with E-state index >= 15 is 0 Å². The highest BCUT2D eigenvalue weighted by Gasteiger charge is 2.27. The molecule has 5 heteroatoms. The Morgan fingerprint density at radius 2 is 1.54 bits per heavy atom. The van der Waals surface area contributed by atoms with E-state index < -0.39 is 0 Å². The summed E-state index contributed by atoms with van der Waals surface area (Å²) in [6.45, 7) is 9.37. The number of para-hydroxylation sites is 1. The zero-order valence-electron chi connectivity index (χ0n) is 20.8. The molecule has 35 heavy (non-hydrogen) atoms. The van der Waals surface area contributed by atoms with E-state index in [4.69, 9.17) is 9.72 Å². The van der Waals surface area contributed by atoms with Crippen LogP contribution in [0.25, 0.3) is 22.2 Å². The molecule has 0 saturated carbocycles. The fraction of sp³-hybridized carbons (Fsp3) is 0.267. The number of nitrogens with zero attached hydrogens (tertiary/aromatic N) is 3. The quantitative estimate of drug-likeness (QED) is 0.382. The molecule has 5 rings (SSSR count). The van der Waals surface area contributed by atoms with Crippen molar-refractivity contribution in [3.05, 3.63) is 89.0 Å². The fourth-order valence-corrected chi connectivity index (χ4v) is 5.00. The van der Waals surface area contributed by atoms with E-state index in [2.05, 4.69) is 36.9 Å². The summed E-state index contributed by atoms with van der Waals surface area (Å²) in [4.78, 5) is 23.3. The first-order valence-corrected chi connectivity index (χ1v) is 12.1. The number of aromatic nitrogens is 1. The number of carbonyl (C=O) groups is 1. The molecule has 3 aromatic carbocycles. The molecule has 178 valence electrons. The Bertz CT molecular complexity index is 1390. The van der Waals surface area contributed by atoms with E-state index in [-0.39, 0.29) is 5.91 Å². The first-order chi connectivity index (χ1) is 17.0. The van der Waals surface area contributed by atoms with Crippen molar-refractivity contribution in [2.24, 2.45) is 0 Å². The lowest BCUT2D eigenvalue weighted by Gasteiger charge is -2.37. The molecule has 5 nitrogen and oxygen atoms in total. The van der Waals surface area contributed by atoms with E-state index in [1.165, 1.54) is 16.8 Å². The van der Waals surface area contributed by atoms with E-state index in [0.29, 0.717) is 13.1 Å². The molecule has 1 saturated heterocycles. The van der Waals surface area contributed by atoms with Gasteiger partial charge in [0.1, 0.15) is 5.75 Å². The average Bonchev–Trinajstić information content (AvgIpc) is 2.90. The lowest BCUT2D eigenvalue weighted by molar-refractivity contribution is 0.0748. The molecule has 1 fully saturated rings. The number of pyridine rings is 1. The van der Waals surface area contributed by atoms with Gasteiger partial charge in [0.05, 0.1) is 23.9 Å². The molecule has 0 spiro atoms. The number of methoxy groups -OCH3 is 1. The predicted molar refractivity (Wildman–Crippen MR) is 143 cm³/mol. The van der Waals surface area contributed by atoms with Crippen molar-refractivity contribution in [3.63, 3.8) is 0 Å². The highest BCUT2D eigenvalue weighted by atomic mass is 16.5. The molecular formula is C30H31N3O2. The zero-order valence-corrected chi connectivity index (χ0v) is 20.8. The van der Waals surface area contributed by atoms with Crippen molar-refractivity contribution >= 4 is 22.5 Å². The largest absolute Gasteiger partial charge is 0.497 e. The number of aryl methyl sites for hydroxylation is 1. The number of ether oxygens (including phenoxy) is 1. The zero-order chi connectivity index (χ0) is 24.5. The second-order valence-electron chi connectivity index (χ2n) is 9.20. The van der Waals surface area contributed by atoms with Gasteiger partial charge in [-0.1, -0.05) is 30.3 Å². The first kappa shape index (κ1) is 22.9. The molecule has 0 unspecified atom stereocenters. The smallest absolute Gasteiger partial charge is 0.255 e. The summed E-state index contributed by atoms with van der Waals surface area (Å²) < 4.78 is 5.32. The second-order valence-corrected chi connectivity index (χ2v) is 9.20. The highest BCUT2D eigenvalue weighted by molar-refractivity contribution is 6.09. The van der Waals surface area contributed by atoms with Crippen LogP contribution in [0.2, 0.25) is 0 Å². The average molecular weight is 466 g/mol. The van der Waals surface area contributed by atoms with Gasteiger partial charge in [0, 0.05) is 42.8 Å². The molecule has 0 radical (unpaired) electrons. The number of anilines is 1. The second kappa shape index (κ2) is 9.41. The summed E-state index contributed by atoms with van der Waals surface area (Å²) in [6, 6.07) is 22.2. The van der Waals surface area contributed by atoms with Crippen molar-refractivity contribution in [3.8, 4) is 17.0 Å². The summed E-state index contributed by atoms with van der Waals surface area (Å²) in [5.74, 6) is 0.877. The maximum absolute atomic E-state index is 13.9. The third-order valence-electron chi connectivity index (χ3n) is 7.20. The van der Waals surface area contributed by atoms with Crippen LogP contribution in [0.4, 0.5) is 5.69 Å². The fourth-order valence-electron chi connectivity index (χ4n) is 5.00. The van der Waals surface area contributed by atoms with Gasteiger partial charge in [-0.25, -0.2) is 4.98 Å². The molecule has 1 amide bonds. The van der Waals surface area contributed by atoms with E-state index in [1.54, 1.807) is 7.11 Å². The third-order valence-corrected chi connectivity index (χ3v) is 7.20. The number of carbonyl (C=O) groups excluding carboxylic acids is 1. The lowest BCUT2D eigenvalue weighted by Crippen LogP contribution is -2.49. The molecule has 1 aliphatic rings. The molecule has 2 heterocycles. The van der Waals surface area contributed by atoms with Crippen LogP contribution in [0, 0.1) is 20.8 Å². The molecule has 1 aliphatic heterocycles. The summed E-state index contributed by atoms with van der Waals surface area (Å²) in [5.41, 5.74) is 8.19. The van der Waals surface area contributed by atoms with E-state index in [0.717, 1.165) is 52.1 Å². The van der Waals surface area contributed by atoms with E-state index in [1.807, 2.05) is 60.4 Å². The molecular weight excluding hydrogens is 434 g/mol. The normalized spacial score (nSPS) is 13.8. The monoisotopic (exact) mass is 465 g/mol. The Morgan fingerprint density at radius 1 is 0.829 bits per heavy atom. The van der Waals surface area contributed by atoms with Crippen molar-refractivity contribution in [1.29, 1.82) is 0 Å². The van der Waals surface area contributed by atoms with Crippen LogP contribution in [0.15, 0.2) is 66.7 Å². The number of rotatable bonds is 4. The SMILES string of the molecule is COc1ccc(-c2nc3ccccc3c(C(=O)N3CCN(c4cccc(C)c4C)CC3)c2C)cc1. The number of benzene rings is 3. The van der Waals surface area contributed by atoms with Gasteiger partial charge in [0.15, 0.2) is 0 Å². The summed E-state index contributed by atoms with van der Waals surface area (Å²) in [7, 11) is 1.66. The van der Waals surface area contributed by atoms with Gasteiger partial charge >= 0.3 is 0 Å². The van der Waals surface area contributed by atoms with E-state index in [9.17, 15) is 4.79 Å². The number of hydrogen-bond acceptors (Lipinski definition) is 4. The number of hydrogen-bond donors (Lipinski definition) is 0. The number of fused-ring (bicyclic) bond motifs is 1. The van der Waals surface area contributed by atoms with Gasteiger partial charge < -0.3 is 14.5 Å². The molecule has 4 aromatic rings. The van der Waals surface area contributed by atoms with Crippen LogP contribution >= 0.6 is 0 Å². The van der Waals surface area contributed by atoms with Crippen molar-refractivity contribution in [2.75, 3.05) is 38.2 Å². The van der Waals surface area contributed by atoms with Crippen LogP contribution in [-0.4, -0.2) is 49.1 Å². The standard InChI is InChI=1S/C30H31N3O2/c1-20-8-7-11-27(21(20)2)32-16-18-33(19-17-32)30(34)28-22(3)29(23-12-14-24(35-4)15-13-23)31-26-10-6-5-9-25(26)28/h5-15H,16-19H2,1-4H3. The van der Waals surface area contributed by atoms with Crippen LogP contribution in [-0.2, 0) is 0 Å². The van der Waals surface area contributed by atoms with Crippen molar-refractivity contribution < 1.29 is 9.53 Å². The first-order valence-electron chi connectivity index (χ1n) is 12.1. The third kappa shape index (κ3) is 4.23. The lowest BCUT2D eigenvalue weighted by atomic mass is 9.96. The minimum atomic E-state index is 0.0801. The topological polar surface area (TPSA) is 45.7 Å². The Labute approximate surface area is 207 Å². The maximum atomic E-state index is 13.9. The Hall–Kier alpha value is -3.86. The Kier molecular flexibility index (Phi) is 6.16. The van der Waals surface area contributed by atoms with Crippen LogP contribution < -0.4 is 9.64 Å². The summed E-state index contributed by atoms with van der Waals surface area (Å²) in [5, 5.41) is 0.907. The molecule has 0 N–H and O–H groups in total. The summed E-state index contributed by atoms with van der Waals surface area (Å²) >= 11 is 0. The molecule has 0 atom stereocenters. The molecule has 1 aromatic heterocycles. The van der Waals surface area contributed by atoms with Crippen LogP contribution in [0.1, 0.15) is 27.0 Å². The Balaban J connectivity index is 1.48. The number of piperazine rings is 1. The van der Waals surface area contributed by atoms with Gasteiger partial charge in [0.25, 0.3) is 5.91 Å². The molecule has 0 aliphatic carbocycles. The Morgan fingerprint density at radius 3 is 2.26 bits per heavy atom. The minimum Gasteiger partial charge on any atom is -0.497 e. The van der Waals surface area contributed by atoms with Crippen molar-refractivity contribution in [1.82, 2.24) is 9.88 Å².